The van der Waals surface area contributed by atoms with E-state index in [9.17, 15) is 4.79 Å². The van der Waals surface area contributed by atoms with Crippen LogP contribution < -0.4 is 11.1 Å². The summed E-state index contributed by atoms with van der Waals surface area (Å²) in [6.07, 6.45) is 4.14. The number of aryl methyl sites for hydroxylation is 1. The molecule has 0 radical (unpaired) electrons. The number of anilines is 1. The van der Waals surface area contributed by atoms with Crippen LogP contribution in [0.5, 0.6) is 0 Å². The summed E-state index contributed by atoms with van der Waals surface area (Å²) in [5.74, 6) is 0.612. The highest BCUT2D eigenvalue weighted by Crippen LogP contribution is 2.33. The van der Waals surface area contributed by atoms with Crippen molar-refractivity contribution < 1.29 is 9.53 Å². The number of rotatable bonds is 5. The van der Waals surface area contributed by atoms with E-state index in [0.717, 1.165) is 42.9 Å². The summed E-state index contributed by atoms with van der Waals surface area (Å²) >= 11 is 0. The first kappa shape index (κ1) is 16.0. The summed E-state index contributed by atoms with van der Waals surface area (Å²) in [5.41, 5.74) is 7.50. The van der Waals surface area contributed by atoms with Gasteiger partial charge in [0.15, 0.2) is 0 Å². The number of ether oxygens (including phenoxy) is 1. The summed E-state index contributed by atoms with van der Waals surface area (Å²) in [6.45, 7) is 4.81. The molecule has 116 valence electrons. The first-order valence-corrected chi connectivity index (χ1v) is 7.73. The average molecular weight is 290 g/mol. The van der Waals surface area contributed by atoms with Crippen molar-refractivity contribution in [1.29, 1.82) is 0 Å². The van der Waals surface area contributed by atoms with Crippen molar-refractivity contribution in [2.75, 3.05) is 18.5 Å². The number of hydrogen-bond donors (Lipinski definition) is 2. The van der Waals surface area contributed by atoms with E-state index in [2.05, 4.69) is 12.2 Å². The summed E-state index contributed by atoms with van der Waals surface area (Å²) in [4.78, 5) is 12.0. The maximum absolute atomic E-state index is 12.0. The minimum Gasteiger partial charge on any atom is -0.364 e. The van der Waals surface area contributed by atoms with Gasteiger partial charge in [-0.3, -0.25) is 4.79 Å². The number of carbonyl (C=O) groups is 1. The Kier molecular flexibility index (Phi) is 5.37. The lowest BCUT2D eigenvalue weighted by Crippen LogP contribution is -2.45. The van der Waals surface area contributed by atoms with Crippen molar-refractivity contribution in [2.24, 2.45) is 11.7 Å². The van der Waals surface area contributed by atoms with E-state index in [0.29, 0.717) is 6.54 Å². The van der Waals surface area contributed by atoms with Gasteiger partial charge >= 0.3 is 0 Å². The van der Waals surface area contributed by atoms with Gasteiger partial charge in [0.1, 0.15) is 6.61 Å². The van der Waals surface area contributed by atoms with Gasteiger partial charge in [-0.2, -0.15) is 0 Å². The van der Waals surface area contributed by atoms with Crippen LogP contribution in [0.25, 0.3) is 0 Å². The fraction of sp³-hybridized carbons (Fsp3) is 0.588. The van der Waals surface area contributed by atoms with Crippen LogP contribution in [0.1, 0.15) is 38.2 Å². The van der Waals surface area contributed by atoms with E-state index in [1.807, 2.05) is 31.2 Å². The Balaban J connectivity index is 1.85. The lowest BCUT2D eigenvalue weighted by molar-refractivity contribution is -0.131. The Bertz CT molecular complexity index is 479. The minimum atomic E-state index is -0.309. The third kappa shape index (κ3) is 4.55. The van der Waals surface area contributed by atoms with E-state index in [4.69, 9.17) is 10.5 Å². The molecule has 0 bridgehead atoms. The van der Waals surface area contributed by atoms with Crippen LogP contribution in [-0.4, -0.2) is 24.7 Å². The zero-order valence-electron chi connectivity index (χ0n) is 13.0. The molecule has 4 nitrogen and oxygen atoms in total. The zero-order chi connectivity index (χ0) is 15.3. The first-order valence-electron chi connectivity index (χ1n) is 7.73. The lowest BCUT2D eigenvalue weighted by Gasteiger charge is -2.38. The number of nitrogens with one attached hydrogen (secondary N) is 1. The van der Waals surface area contributed by atoms with Crippen LogP contribution in [-0.2, 0) is 9.53 Å². The monoisotopic (exact) mass is 290 g/mol. The number of amides is 1. The summed E-state index contributed by atoms with van der Waals surface area (Å²) in [7, 11) is 0. The van der Waals surface area contributed by atoms with Gasteiger partial charge in [0.25, 0.3) is 0 Å². The number of nitrogens with two attached hydrogens (primary N) is 1. The molecule has 1 saturated carbocycles. The molecule has 1 aromatic carbocycles. The van der Waals surface area contributed by atoms with Gasteiger partial charge in [-0.1, -0.05) is 19.1 Å². The summed E-state index contributed by atoms with van der Waals surface area (Å²) in [5, 5.41) is 2.87. The second-order valence-electron chi connectivity index (χ2n) is 6.28. The maximum Gasteiger partial charge on any atom is 0.250 e. The van der Waals surface area contributed by atoms with E-state index in [-0.39, 0.29) is 18.1 Å². The van der Waals surface area contributed by atoms with Crippen molar-refractivity contribution >= 4 is 11.6 Å². The molecule has 1 aromatic rings. The van der Waals surface area contributed by atoms with E-state index < -0.39 is 0 Å². The largest absolute Gasteiger partial charge is 0.364 e. The van der Waals surface area contributed by atoms with Crippen LogP contribution in [0.2, 0.25) is 0 Å². The summed E-state index contributed by atoms with van der Waals surface area (Å²) < 4.78 is 5.90. The second kappa shape index (κ2) is 7.05. The van der Waals surface area contributed by atoms with Crippen LogP contribution in [0.15, 0.2) is 24.3 Å². The highest BCUT2D eigenvalue weighted by Gasteiger charge is 2.34. The fourth-order valence-electron chi connectivity index (χ4n) is 2.83. The molecule has 0 heterocycles. The zero-order valence-corrected chi connectivity index (χ0v) is 13.0. The third-order valence-corrected chi connectivity index (χ3v) is 4.37. The van der Waals surface area contributed by atoms with Gasteiger partial charge in [-0.15, -0.1) is 0 Å². The molecule has 2 rings (SSSR count). The SMILES string of the molecule is Cc1cccc(NC(=O)COC2(CN)CCC(C)CC2)c1. The topological polar surface area (TPSA) is 64.3 Å². The molecule has 4 heteroatoms. The minimum absolute atomic E-state index is 0.0690. The highest BCUT2D eigenvalue weighted by atomic mass is 16.5. The molecule has 0 atom stereocenters. The molecule has 1 aliphatic carbocycles. The number of benzene rings is 1. The Hall–Kier alpha value is -1.39. The Morgan fingerprint density at radius 1 is 1.43 bits per heavy atom. The predicted molar refractivity (Wildman–Crippen MR) is 85.2 cm³/mol. The molecule has 0 aliphatic heterocycles. The Morgan fingerprint density at radius 3 is 2.76 bits per heavy atom. The van der Waals surface area contributed by atoms with E-state index >= 15 is 0 Å². The molecular weight excluding hydrogens is 264 g/mol. The van der Waals surface area contributed by atoms with Gasteiger partial charge in [-0.25, -0.2) is 0 Å². The summed E-state index contributed by atoms with van der Waals surface area (Å²) in [6, 6.07) is 7.75. The maximum atomic E-state index is 12.0. The first-order chi connectivity index (χ1) is 10.0. The van der Waals surface area contributed by atoms with Crippen LogP contribution in [0, 0.1) is 12.8 Å². The second-order valence-corrected chi connectivity index (χ2v) is 6.28. The molecule has 1 aliphatic rings. The molecule has 0 unspecified atom stereocenters. The molecule has 1 fully saturated rings. The van der Waals surface area contributed by atoms with Crippen molar-refractivity contribution in [3.63, 3.8) is 0 Å². The van der Waals surface area contributed by atoms with E-state index in [1.165, 1.54) is 0 Å². The highest BCUT2D eigenvalue weighted by molar-refractivity contribution is 5.91. The Labute approximate surface area is 127 Å². The molecule has 0 spiro atoms. The molecular formula is C17H26N2O2. The van der Waals surface area contributed by atoms with Crippen LogP contribution in [0.4, 0.5) is 5.69 Å². The standard InChI is InChI=1S/C17H26N2O2/c1-13-6-8-17(12-18,9-7-13)21-11-16(20)19-15-5-3-4-14(2)10-15/h3-5,10,13H,6-9,11-12,18H2,1-2H3,(H,19,20). The van der Waals surface area contributed by atoms with Gasteiger partial charge in [0.05, 0.1) is 5.60 Å². The smallest absolute Gasteiger partial charge is 0.250 e. The molecule has 0 saturated heterocycles. The molecule has 21 heavy (non-hydrogen) atoms. The average Bonchev–Trinajstić information content (AvgIpc) is 2.47. The van der Waals surface area contributed by atoms with Crippen LogP contribution >= 0.6 is 0 Å². The van der Waals surface area contributed by atoms with Crippen LogP contribution in [0.3, 0.4) is 0 Å². The van der Waals surface area contributed by atoms with Gasteiger partial charge in [-0.05, 0) is 56.2 Å². The van der Waals surface area contributed by atoms with E-state index in [1.54, 1.807) is 0 Å². The van der Waals surface area contributed by atoms with Gasteiger partial charge in [0.2, 0.25) is 5.91 Å². The number of hydrogen-bond acceptors (Lipinski definition) is 3. The third-order valence-electron chi connectivity index (χ3n) is 4.37. The molecule has 1 amide bonds. The van der Waals surface area contributed by atoms with Gasteiger partial charge < -0.3 is 15.8 Å². The Morgan fingerprint density at radius 2 is 2.14 bits per heavy atom. The van der Waals surface area contributed by atoms with Crippen molar-refractivity contribution in [2.45, 2.75) is 45.1 Å². The van der Waals surface area contributed by atoms with Gasteiger partial charge in [0, 0.05) is 12.2 Å². The lowest BCUT2D eigenvalue weighted by atomic mass is 9.79. The number of carbonyl (C=O) groups excluding carboxylic acids is 1. The quantitative estimate of drug-likeness (QED) is 0.876. The van der Waals surface area contributed by atoms with Crippen molar-refractivity contribution in [3.05, 3.63) is 29.8 Å². The fourth-order valence-corrected chi connectivity index (χ4v) is 2.83. The van der Waals surface area contributed by atoms with Crippen molar-refractivity contribution in [1.82, 2.24) is 0 Å². The van der Waals surface area contributed by atoms with Crippen molar-refractivity contribution in [3.8, 4) is 0 Å². The molecule has 0 aromatic heterocycles. The normalized spacial score (nSPS) is 25.6. The molecule has 3 N–H and O–H groups in total. The predicted octanol–water partition coefficient (Wildman–Crippen LogP) is 2.86.